The third-order valence-corrected chi connectivity index (χ3v) is 5.83. The smallest absolute Gasteiger partial charge is 0.329 e. The van der Waals surface area contributed by atoms with Gasteiger partial charge in [-0.05, 0) is 55.9 Å². The zero-order valence-corrected chi connectivity index (χ0v) is 17.3. The van der Waals surface area contributed by atoms with Crippen molar-refractivity contribution in [3.63, 3.8) is 0 Å². The molecule has 0 aromatic heterocycles. The van der Waals surface area contributed by atoms with Crippen LogP contribution >= 0.6 is 0 Å². The van der Waals surface area contributed by atoms with Crippen molar-refractivity contribution in [1.29, 1.82) is 0 Å². The average Bonchev–Trinajstić information content (AvgIpc) is 2.87. The Morgan fingerprint density at radius 3 is 2.25 bits per heavy atom. The van der Waals surface area contributed by atoms with Gasteiger partial charge < -0.3 is 4.90 Å². The van der Waals surface area contributed by atoms with E-state index in [-0.39, 0.29) is 23.8 Å². The molecule has 6 heteroatoms. The zero-order valence-electron chi connectivity index (χ0n) is 17.3. The number of amides is 1. The summed E-state index contributed by atoms with van der Waals surface area (Å²) in [5.74, 6) is -1.49. The summed E-state index contributed by atoms with van der Waals surface area (Å²) >= 11 is 0. The minimum atomic E-state index is -4.83. The molecule has 1 fully saturated rings. The van der Waals surface area contributed by atoms with Crippen molar-refractivity contribution in [2.24, 2.45) is 11.3 Å². The van der Waals surface area contributed by atoms with Crippen LogP contribution in [0.5, 0.6) is 0 Å². The number of nitrogens with zero attached hydrogens (tertiary/aromatic N) is 1. The van der Waals surface area contributed by atoms with Crippen LogP contribution in [0.1, 0.15) is 75.7 Å². The van der Waals surface area contributed by atoms with Crippen molar-refractivity contribution in [3.05, 3.63) is 35.4 Å². The van der Waals surface area contributed by atoms with E-state index in [0.29, 0.717) is 12.0 Å². The van der Waals surface area contributed by atoms with Crippen LogP contribution in [-0.4, -0.2) is 35.4 Å². The molecule has 1 heterocycles. The molecule has 3 nitrogen and oxygen atoms in total. The monoisotopic (exact) mass is 397 g/mol. The van der Waals surface area contributed by atoms with Crippen LogP contribution in [0.3, 0.4) is 0 Å². The van der Waals surface area contributed by atoms with Crippen LogP contribution in [0.25, 0.3) is 0 Å². The molecule has 0 aliphatic carbocycles. The Labute approximate surface area is 165 Å². The molecule has 1 amide bonds. The van der Waals surface area contributed by atoms with E-state index in [1.807, 2.05) is 12.1 Å². The molecule has 0 radical (unpaired) electrons. The highest BCUT2D eigenvalue weighted by molar-refractivity contribution is 5.82. The van der Waals surface area contributed by atoms with Gasteiger partial charge in [0.2, 0.25) is 0 Å². The Kier molecular flexibility index (Phi) is 6.31. The maximum Gasteiger partial charge on any atom is 0.471 e. The highest BCUT2D eigenvalue weighted by Gasteiger charge is 2.50. The normalized spacial score (nSPS) is 20.9. The lowest BCUT2D eigenvalue weighted by molar-refractivity contribution is -0.188. The van der Waals surface area contributed by atoms with Gasteiger partial charge in [-0.3, -0.25) is 9.59 Å². The van der Waals surface area contributed by atoms with E-state index in [9.17, 15) is 22.8 Å². The first-order valence-corrected chi connectivity index (χ1v) is 9.69. The molecule has 0 spiro atoms. The summed E-state index contributed by atoms with van der Waals surface area (Å²) < 4.78 is 38.7. The predicted molar refractivity (Wildman–Crippen MR) is 103 cm³/mol. The van der Waals surface area contributed by atoms with E-state index in [2.05, 4.69) is 20.8 Å². The fraction of sp³-hybridized carbons (Fsp3) is 0.636. The molecule has 1 aliphatic rings. The van der Waals surface area contributed by atoms with Crippen molar-refractivity contribution < 1.29 is 22.8 Å². The van der Waals surface area contributed by atoms with Gasteiger partial charge in [-0.2, -0.15) is 13.2 Å². The van der Waals surface area contributed by atoms with E-state index >= 15 is 0 Å². The summed E-state index contributed by atoms with van der Waals surface area (Å²) in [6.45, 7) is 9.98. The molecule has 2 atom stereocenters. The van der Waals surface area contributed by atoms with Crippen molar-refractivity contribution in [2.75, 3.05) is 6.54 Å². The Hall–Kier alpha value is -1.85. The molecule has 1 aliphatic heterocycles. The minimum Gasteiger partial charge on any atom is -0.329 e. The first-order valence-electron chi connectivity index (χ1n) is 9.69. The van der Waals surface area contributed by atoms with Gasteiger partial charge in [0.25, 0.3) is 0 Å². The minimum absolute atomic E-state index is 0.0295. The van der Waals surface area contributed by atoms with Gasteiger partial charge in [-0.15, -0.1) is 0 Å². The van der Waals surface area contributed by atoms with Gasteiger partial charge in [-0.25, -0.2) is 0 Å². The Morgan fingerprint density at radius 2 is 1.79 bits per heavy atom. The van der Waals surface area contributed by atoms with Gasteiger partial charge in [0.05, 0.1) is 0 Å². The highest BCUT2D eigenvalue weighted by Crippen LogP contribution is 2.43. The highest BCUT2D eigenvalue weighted by atomic mass is 19.4. The lowest BCUT2D eigenvalue weighted by Gasteiger charge is -2.32. The second kappa shape index (κ2) is 7.88. The molecular weight excluding hydrogens is 367 g/mol. The number of likely N-dealkylation sites (tertiary alicyclic amines) is 1. The topological polar surface area (TPSA) is 37.4 Å². The summed E-state index contributed by atoms with van der Waals surface area (Å²) in [7, 11) is 0. The molecule has 1 aromatic rings. The van der Waals surface area contributed by atoms with Crippen LogP contribution in [0.4, 0.5) is 13.2 Å². The summed E-state index contributed by atoms with van der Waals surface area (Å²) in [5.41, 5.74) is 0.923. The standard InChI is InChI=1S/C22H30F3NO2/c1-20(2,3)18(17-9-6-15(14-27)7-10-17)11-8-16-12-21(4,5)26(13-16)19(28)22(23,24)25/h6-7,9-10,14,16,18H,8,11-13H2,1-5H3/t16-,18?/m0/s1. The van der Waals surface area contributed by atoms with Crippen molar-refractivity contribution in [1.82, 2.24) is 4.90 Å². The number of aldehydes is 1. The lowest BCUT2D eigenvalue weighted by atomic mass is 9.73. The largest absolute Gasteiger partial charge is 0.471 e. The molecule has 156 valence electrons. The van der Waals surface area contributed by atoms with Crippen LogP contribution in [0.2, 0.25) is 0 Å². The quantitative estimate of drug-likeness (QED) is 0.607. The van der Waals surface area contributed by atoms with Gasteiger partial charge in [-0.1, -0.05) is 45.0 Å². The Morgan fingerprint density at radius 1 is 1.21 bits per heavy atom. The first-order chi connectivity index (χ1) is 12.8. The van der Waals surface area contributed by atoms with Crippen LogP contribution < -0.4 is 0 Å². The number of hydrogen-bond donors (Lipinski definition) is 0. The third kappa shape index (κ3) is 5.15. The number of hydrogen-bond acceptors (Lipinski definition) is 2. The van der Waals surface area contributed by atoms with Gasteiger partial charge in [0, 0.05) is 17.6 Å². The molecule has 0 N–H and O–H groups in total. The molecule has 0 saturated carbocycles. The first kappa shape index (κ1) is 22.4. The Balaban J connectivity index is 2.11. The fourth-order valence-corrected chi connectivity index (χ4v) is 4.40. The van der Waals surface area contributed by atoms with Crippen LogP contribution in [0, 0.1) is 11.3 Å². The van der Waals surface area contributed by atoms with Gasteiger partial charge in [0.15, 0.2) is 0 Å². The SMILES string of the molecule is CC(C)(C)C(CC[C@@H]1CN(C(=O)C(F)(F)F)C(C)(C)C1)c1ccc(C=O)cc1. The molecule has 0 bridgehead atoms. The number of rotatable bonds is 5. The molecule has 1 aromatic carbocycles. The van der Waals surface area contributed by atoms with E-state index in [1.54, 1.807) is 26.0 Å². The fourth-order valence-electron chi connectivity index (χ4n) is 4.40. The van der Waals surface area contributed by atoms with Crippen molar-refractivity contribution in [2.45, 2.75) is 71.5 Å². The zero-order chi connectivity index (χ0) is 21.3. The van der Waals surface area contributed by atoms with E-state index in [1.165, 1.54) is 0 Å². The maximum atomic E-state index is 12.9. The lowest BCUT2D eigenvalue weighted by Crippen LogP contribution is -2.48. The second-order valence-electron chi connectivity index (χ2n) is 9.58. The summed E-state index contributed by atoms with van der Waals surface area (Å²) in [6.07, 6.45) is -1.89. The number of carbonyl (C=O) groups excluding carboxylic acids is 2. The van der Waals surface area contributed by atoms with E-state index in [4.69, 9.17) is 0 Å². The van der Waals surface area contributed by atoms with Crippen LogP contribution in [0.15, 0.2) is 24.3 Å². The summed E-state index contributed by atoms with van der Waals surface area (Å²) in [5, 5.41) is 0. The molecule has 1 unspecified atom stereocenters. The van der Waals surface area contributed by atoms with Crippen molar-refractivity contribution >= 4 is 12.2 Å². The number of benzene rings is 1. The predicted octanol–water partition coefficient (Wildman–Crippen LogP) is 5.60. The number of carbonyl (C=O) groups is 2. The van der Waals surface area contributed by atoms with Gasteiger partial charge >= 0.3 is 12.1 Å². The molecular formula is C22H30F3NO2. The average molecular weight is 397 g/mol. The third-order valence-electron chi connectivity index (χ3n) is 5.83. The maximum absolute atomic E-state index is 12.9. The van der Waals surface area contributed by atoms with Crippen molar-refractivity contribution in [3.8, 4) is 0 Å². The van der Waals surface area contributed by atoms with E-state index in [0.717, 1.165) is 29.6 Å². The molecule has 1 saturated heterocycles. The van der Waals surface area contributed by atoms with Crippen LogP contribution in [-0.2, 0) is 4.79 Å². The van der Waals surface area contributed by atoms with Gasteiger partial charge in [0.1, 0.15) is 6.29 Å². The summed E-state index contributed by atoms with van der Waals surface area (Å²) in [4.78, 5) is 23.7. The molecule has 2 rings (SSSR count). The van der Waals surface area contributed by atoms with E-state index < -0.39 is 17.6 Å². The number of alkyl halides is 3. The summed E-state index contributed by atoms with van der Waals surface area (Å²) in [6, 6.07) is 7.50. The number of halogens is 3. The molecule has 28 heavy (non-hydrogen) atoms. The second-order valence-corrected chi connectivity index (χ2v) is 9.58. The Bertz CT molecular complexity index is 702.